The molecule has 0 bridgehead atoms. The smallest absolute Gasteiger partial charge is 0.255 e. The molecule has 8 heteroatoms. The molecule has 0 saturated carbocycles. The van der Waals surface area contributed by atoms with E-state index in [-0.39, 0.29) is 11.8 Å². The number of fused-ring (bicyclic) bond motifs is 1. The van der Waals surface area contributed by atoms with E-state index in [1.54, 1.807) is 50.9 Å². The number of aromatic nitrogens is 4. The van der Waals surface area contributed by atoms with Crippen LogP contribution in [0.3, 0.4) is 0 Å². The number of imidazole rings is 1. The fraction of sp³-hybridized carbons (Fsp3) is 0.333. The van der Waals surface area contributed by atoms with E-state index in [2.05, 4.69) is 10.1 Å². The Bertz CT molecular complexity index is 1000. The Morgan fingerprint density at radius 2 is 2.08 bits per heavy atom. The Hall–Kier alpha value is -3.16. The molecule has 2 N–H and O–H groups in total. The lowest BCUT2D eigenvalue weighted by molar-refractivity contribution is -0.121. The van der Waals surface area contributed by atoms with Gasteiger partial charge in [0, 0.05) is 50.3 Å². The van der Waals surface area contributed by atoms with Crippen molar-refractivity contribution < 1.29 is 9.59 Å². The van der Waals surface area contributed by atoms with Crippen LogP contribution < -0.4 is 5.73 Å². The summed E-state index contributed by atoms with van der Waals surface area (Å²) in [7, 11) is 1.86. The van der Waals surface area contributed by atoms with Crippen LogP contribution in [-0.2, 0) is 11.8 Å². The Morgan fingerprint density at radius 1 is 1.27 bits per heavy atom. The Kier molecular flexibility index (Phi) is 3.75. The zero-order chi connectivity index (χ0) is 18.4. The van der Waals surface area contributed by atoms with E-state index in [1.165, 1.54) is 0 Å². The topological polar surface area (TPSA) is 98.5 Å². The molecule has 0 aliphatic carbocycles. The molecule has 2 atom stereocenters. The number of carbonyl (C=O) groups excluding carboxylic acids is 2. The van der Waals surface area contributed by atoms with Crippen LogP contribution in [0.4, 0.5) is 0 Å². The first-order chi connectivity index (χ1) is 12.5. The van der Waals surface area contributed by atoms with Gasteiger partial charge in [-0.05, 0) is 24.6 Å². The summed E-state index contributed by atoms with van der Waals surface area (Å²) in [5, 5.41) is 4.26. The maximum atomic E-state index is 13.0. The van der Waals surface area contributed by atoms with Crippen LogP contribution in [0.15, 0.2) is 36.9 Å². The summed E-state index contributed by atoms with van der Waals surface area (Å²) in [6.07, 6.45) is 7.00. The maximum Gasteiger partial charge on any atom is 0.255 e. The quantitative estimate of drug-likeness (QED) is 0.751. The van der Waals surface area contributed by atoms with E-state index >= 15 is 0 Å². The summed E-state index contributed by atoms with van der Waals surface area (Å²) in [6.45, 7) is 2.72. The molecular weight excluding hydrogens is 332 g/mol. The second kappa shape index (κ2) is 5.98. The molecule has 1 saturated heterocycles. The Balaban J connectivity index is 1.64. The largest absolute Gasteiger partial charge is 0.369 e. The number of nitrogens with two attached hydrogens (primary N) is 1. The molecule has 3 aromatic heterocycles. The van der Waals surface area contributed by atoms with Crippen LogP contribution in [0.5, 0.6) is 0 Å². The predicted molar refractivity (Wildman–Crippen MR) is 94.5 cm³/mol. The number of rotatable bonds is 3. The number of carbonyl (C=O) groups is 2. The van der Waals surface area contributed by atoms with Crippen molar-refractivity contribution in [3.05, 3.63) is 53.7 Å². The number of pyridine rings is 1. The number of amides is 2. The van der Waals surface area contributed by atoms with Crippen LogP contribution in [0.25, 0.3) is 5.65 Å². The standard InChI is InChI=1S/C18H20N6O2/c1-11-13(7-21-22(11)2)14-9-24(10-15(14)17(19)25)18(26)12-3-4-16-20-5-6-23(16)8-12/h3-8,14-15H,9-10H2,1-2H3,(H2,19,25)/t14-,15+/m1/s1. The molecule has 8 nitrogen and oxygen atoms in total. The lowest BCUT2D eigenvalue weighted by Crippen LogP contribution is -2.32. The third-order valence-electron chi connectivity index (χ3n) is 5.28. The molecule has 0 unspecified atom stereocenters. The van der Waals surface area contributed by atoms with Gasteiger partial charge in [0.25, 0.3) is 5.91 Å². The summed E-state index contributed by atoms with van der Waals surface area (Å²) >= 11 is 0. The van der Waals surface area contributed by atoms with Crippen molar-refractivity contribution in [1.29, 1.82) is 0 Å². The summed E-state index contributed by atoms with van der Waals surface area (Å²) < 4.78 is 3.57. The van der Waals surface area contributed by atoms with Crippen molar-refractivity contribution >= 4 is 17.5 Å². The normalized spacial score (nSPS) is 20.0. The molecule has 134 valence electrons. The van der Waals surface area contributed by atoms with Gasteiger partial charge in [0.15, 0.2) is 0 Å². The maximum absolute atomic E-state index is 13.0. The van der Waals surface area contributed by atoms with Crippen LogP contribution in [0.1, 0.15) is 27.5 Å². The molecule has 26 heavy (non-hydrogen) atoms. The molecule has 2 amide bonds. The predicted octanol–water partition coefficient (Wildman–Crippen LogP) is 0.717. The van der Waals surface area contributed by atoms with Gasteiger partial charge in [-0.25, -0.2) is 4.98 Å². The van der Waals surface area contributed by atoms with Gasteiger partial charge in [0.1, 0.15) is 5.65 Å². The average Bonchev–Trinajstić information content (AvgIpc) is 3.33. The third-order valence-corrected chi connectivity index (χ3v) is 5.28. The monoisotopic (exact) mass is 352 g/mol. The molecule has 0 aromatic carbocycles. The van der Waals surface area contributed by atoms with Crippen molar-refractivity contribution in [3.8, 4) is 0 Å². The van der Waals surface area contributed by atoms with Crippen LogP contribution in [0.2, 0.25) is 0 Å². The minimum absolute atomic E-state index is 0.115. The number of primary amides is 1. The van der Waals surface area contributed by atoms with E-state index < -0.39 is 11.8 Å². The second-order valence-corrected chi connectivity index (χ2v) is 6.74. The SMILES string of the molecule is Cc1c([C@H]2CN(C(=O)c3ccc4nccn4c3)C[C@@H]2C(N)=O)cnn1C. The van der Waals surface area contributed by atoms with Crippen molar-refractivity contribution in [1.82, 2.24) is 24.1 Å². The molecule has 3 aromatic rings. The summed E-state index contributed by atoms with van der Waals surface area (Å²) in [5.74, 6) is -1.06. The van der Waals surface area contributed by atoms with E-state index in [0.717, 1.165) is 16.9 Å². The number of hydrogen-bond donors (Lipinski definition) is 1. The molecule has 1 aliphatic heterocycles. The summed E-state index contributed by atoms with van der Waals surface area (Å²) in [5.41, 5.74) is 8.92. The summed E-state index contributed by atoms with van der Waals surface area (Å²) in [6, 6.07) is 3.56. The van der Waals surface area contributed by atoms with Crippen molar-refractivity contribution in [3.63, 3.8) is 0 Å². The first-order valence-electron chi connectivity index (χ1n) is 8.45. The number of likely N-dealkylation sites (tertiary alicyclic amines) is 1. The fourth-order valence-electron chi connectivity index (χ4n) is 3.68. The number of aryl methyl sites for hydroxylation is 1. The van der Waals surface area contributed by atoms with Gasteiger partial charge in [0.2, 0.25) is 5.91 Å². The zero-order valence-electron chi connectivity index (χ0n) is 14.7. The van der Waals surface area contributed by atoms with Crippen LogP contribution in [-0.4, -0.2) is 49.0 Å². The molecular formula is C18H20N6O2. The lowest BCUT2D eigenvalue weighted by Gasteiger charge is -2.16. The van der Waals surface area contributed by atoms with Gasteiger partial charge in [-0.15, -0.1) is 0 Å². The molecule has 1 fully saturated rings. The Labute approximate surface area is 150 Å². The highest BCUT2D eigenvalue weighted by Crippen LogP contribution is 2.34. The zero-order valence-corrected chi connectivity index (χ0v) is 14.7. The van der Waals surface area contributed by atoms with Crippen molar-refractivity contribution in [2.45, 2.75) is 12.8 Å². The van der Waals surface area contributed by atoms with Crippen LogP contribution >= 0.6 is 0 Å². The van der Waals surface area contributed by atoms with E-state index in [4.69, 9.17) is 5.73 Å². The molecule has 4 heterocycles. The van der Waals surface area contributed by atoms with E-state index in [1.807, 2.05) is 14.0 Å². The lowest BCUT2D eigenvalue weighted by atomic mass is 9.89. The summed E-state index contributed by atoms with van der Waals surface area (Å²) in [4.78, 5) is 30.8. The van der Waals surface area contributed by atoms with Crippen LogP contribution in [0, 0.1) is 12.8 Å². The molecule has 0 radical (unpaired) electrons. The van der Waals surface area contributed by atoms with Gasteiger partial charge >= 0.3 is 0 Å². The van der Waals surface area contributed by atoms with Gasteiger partial charge in [-0.3, -0.25) is 14.3 Å². The molecule has 0 spiro atoms. The fourth-order valence-corrected chi connectivity index (χ4v) is 3.68. The number of nitrogens with zero attached hydrogens (tertiary/aromatic N) is 5. The van der Waals surface area contributed by atoms with Gasteiger partial charge in [0.05, 0.1) is 17.7 Å². The Morgan fingerprint density at radius 3 is 2.77 bits per heavy atom. The van der Waals surface area contributed by atoms with E-state index in [0.29, 0.717) is 18.7 Å². The third kappa shape index (κ3) is 2.54. The van der Waals surface area contributed by atoms with Crippen molar-refractivity contribution in [2.24, 2.45) is 18.7 Å². The minimum Gasteiger partial charge on any atom is -0.369 e. The highest BCUT2D eigenvalue weighted by atomic mass is 16.2. The highest BCUT2D eigenvalue weighted by Gasteiger charge is 2.41. The second-order valence-electron chi connectivity index (χ2n) is 6.74. The van der Waals surface area contributed by atoms with Crippen molar-refractivity contribution in [2.75, 3.05) is 13.1 Å². The van der Waals surface area contributed by atoms with E-state index in [9.17, 15) is 9.59 Å². The first kappa shape index (κ1) is 16.3. The molecule has 4 rings (SSSR count). The minimum atomic E-state index is -0.418. The molecule has 1 aliphatic rings. The van der Waals surface area contributed by atoms with Gasteiger partial charge < -0.3 is 15.0 Å². The number of hydrogen-bond acceptors (Lipinski definition) is 4. The van der Waals surface area contributed by atoms with Gasteiger partial charge in [-0.2, -0.15) is 5.10 Å². The highest BCUT2D eigenvalue weighted by molar-refractivity contribution is 5.95. The van der Waals surface area contributed by atoms with Gasteiger partial charge in [-0.1, -0.05) is 0 Å². The average molecular weight is 352 g/mol. The first-order valence-corrected chi connectivity index (χ1v) is 8.45.